The van der Waals surface area contributed by atoms with Gasteiger partial charge in [-0.15, -0.1) is 0 Å². The number of primary amides is 1. The molecule has 0 spiro atoms. The number of rotatable bonds is 3. The Morgan fingerprint density at radius 3 is 2.71 bits per heavy atom. The van der Waals surface area contributed by atoms with Gasteiger partial charge in [-0.2, -0.15) is 0 Å². The lowest BCUT2D eigenvalue weighted by Gasteiger charge is -2.16. The zero-order valence-electron chi connectivity index (χ0n) is 9.64. The standard InChI is InChI=1S/C12H15N3O2/c1-15(10-5-6-10)11(16)8-3-2-4-9(7-8)14-12(13)17/h2-4,7,10H,5-6H2,1H3,(H3,13,14,17). The van der Waals surface area contributed by atoms with Crippen LogP contribution in [0.4, 0.5) is 10.5 Å². The molecule has 1 aromatic rings. The second-order valence-electron chi connectivity index (χ2n) is 4.22. The maximum atomic E-state index is 12.0. The van der Waals surface area contributed by atoms with E-state index in [0.29, 0.717) is 17.3 Å². The van der Waals surface area contributed by atoms with Crippen molar-refractivity contribution in [2.75, 3.05) is 12.4 Å². The van der Waals surface area contributed by atoms with Crippen LogP contribution in [-0.4, -0.2) is 29.9 Å². The first-order chi connectivity index (χ1) is 8.08. The first-order valence-electron chi connectivity index (χ1n) is 5.51. The zero-order chi connectivity index (χ0) is 12.4. The van der Waals surface area contributed by atoms with E-state index in [2.05, 4.69) is 5.32 Å². The number of urea groups is 1. The molecule has 3 amide bonds. The van der Waals surface area contributed by atoms with E-state index >= 15 is 0 Å². The third kappa shape index (κ3) is 2.75. The summed E-state index contributed by atoms with van der Waals surface area (Å²) < 4.78 is 0. The van der Waals surface area contributed by atoms with E-state index in [1.807, 2.05) is 0 Å². The van der Waals surface area contributed by atoms with Gasteiger partial charge >= 0.3 is 6.03 Å². The normalized spacial score (nSPS) is 14.2. The smallest absolute Gasteiger partial charge is 0.316 e. The third-order valence-corrected chi connectivity index (χ3v) is 2.79. The molecule has 0 saturated heterocycles. The van der Waals surface area contributed by atoms with E-state index in [9.17, 15) is 9.59 Å². The van der Waals surface area contributed by atoms with E-state index in [4.69, 9.17) is 5.73 Å². The van der Waals surface area contributed by atoms with E-state index in [1.165, 1.54) is 0 Å². The van der Waals surface area contributed by atoms with Crippen molar-refractivity contribution >= 4 is 17.6 Å². The number of nitrogens with two attached hydrogens (primary N) is 1. The molecule has 0 atom stereocenters. The highest BCUT2D eigenvalue weighted by molar-refractivity contribution is 5.96. The van der Waals surface area contributed by atoms with Gasteiger partial charge in [0, 0.05) is 24.3 Å². The molecule has 5 nitrogen and oxygen atoms in total. The Labute approximate surface area is 99.6 Å². The third-order valence-electron chi connectivity index (χ3n) is 2.79. The SMILES string of the molecule is CN(C(=O)c1cccc(NC(N)=O)c1)C1CC1. The summed E-state index contributed by atoms with van der Waals surface area (Å²) in [6.07, 6.45) is 2.14. The fraction of sp³-hybridized carbons (Fsp3) is 0.333. The van der Waals surface area contributed by atoms with E-state index in [-0.39, 0.29) is 5.91 Å². The maximum Gasteiger partial charge on any atom is 0.316 e. The molecule has 5 heteroatoms. The Bertz CT molecular complexity index is 455. The number of hydrogen-bond acceptors (Lipinski definition) is 2. The fourth-order valence-electron chi connectivity index (χ4n) is 1.70. The molecular weight excluding hydrogens is 218 g/mol. The molecule has 0 aromatic heterocycles. The summed E-state index contributed by atoms with van der Waals surface area (Å²) in [6.45, 7) is 0. The summed E-state index contributed by atoms with van der Waals surface area (Å²) in [4.78, 5) is 24.5. The predicted molar refractivity (Wildman–Crippen MR) is 64.8 cm³/mol. The summed E-state index contributed by atoms with van der Waals surface area (Å²) in [7, 11) is 1.80. The molecule has 0 radical (unpaired) electrons. The first-order valence-corrected chi connectivity index (χ1v) is 5.51. The number of nitrogens with zero attached hydrogens (tertiary/aromatic N) is 1. The highest BCUT2D eigenvalue weighted by atomic mass is 16.2. The van der Waals surface area contributed by atoms with Gasteiger partial charge in [0.15, 0.2) is 0 Å². The lowest BCUT2D eigenvalue weighted by Crippen LogP contribution is -2.28. The van der Waals surface area contributed by atoms with Crippen molar-refractivity contribution in [3.8, 4) is 0 Å². The van der Waals surface area contributed by atoms with Crippen molar-refractivity contribution < 1.29 is 9.59 Å². The topological polar surface area (TPSA) is 75.4 Å². The van der Waals surface area contributed by atoms with E-state index in [0.717, 1.165) is 12.8 Å². The lowest BCUT2D eigenvalue weighted by atomic mass is 10.1. The van der Waals surface area contributed by atoms with Gasteiger partial charge in [0.1, 0.15) is 0 Å². The molecule has 0 heterocycles. The number of carbonyl (C=O) groups excluding carboxylic acids is 2. The van der Waals surface area contributed by atoms with Crippen molar-refractivity contribution in [1.82, 2.24) is 4.90 Å². The Balaban J connectivity index is 2.14. The van der Waals surface area contributed by atoms with Crippen LogP contribution in [0.15, 0.2) is 24.3 Å². The minimum Gasteiger partial charge on any atom is -0.351 e. The molecule has 1 aliphatic rings. The predicted octanol–water partition coefficient (Wildman–Crippen LogP) is 1.41. The summed E-state index contributed by atoms with van der Waals surface area (Å²) in [5, 5.41) is 2.45. The van der Waals surface area contributed by atoms with E-state index < -0.39 is 6.03 Å². The molecule has 0 unspecified atom stereocenters. The number of amides is 3. The average molecular weight is 233 g/mol. The van der Waals surface area contributed by atoms with Crippen molar-refractivity contribution in [1.29, 1.82) is 0 Å². The van der Waals surface area contributed by atoms with Crippen molar-refractivity contribution in [3.63, 3.8) is 0 Å². The van der Waals surface area contributed by atoms with Crippen molar-refractivity contribution in [3.05, 3.63) is 29.8 Å². The molecular formula is C12H15N3O2. The van der Waals surface area contributed by atoms with Crippen LogP contribution in [0.25, 0.3) is 0 Å². The van der Waals surface area contributed by atoms with Crippen LogP contribution >= 0.6 is 0 Å². The fourth-order valence-corrected chi connectivity index (χ4v) is 1.70. The highest BCUT2D eigenvalue weighted by Gasteiger charge is 2.30. The first kappa shape index (κ1) is 11.4. The van der Waals surface area contributed by atoms with Gasteiger partial charge in [-0.25, -0.2) is 4.79 Å². The van der Waals surface area contributed by atoms with Crippen molar-refractivity contribution in [2.45, 2.75) is 18.9 Å². The number of nitrogens with one attached hydrogen (secondary N) is 1. The summed E-state index contributed by atoms with van der Waals surface area (Å²) >= 11 is 0. The molecule has 0 bridgehead atoms. The van der Waals surface area contributed by atoms with Gasteiger partial charge < -0.3 is 16.0 Å². The number of hydrogen-bond donors (Lipinski definition) is 2. The molecule has 0 aliphatic heterocycles. The van der Waals surface area contributed by atoms with Crippen LogP contribution < -0.4 is 11.1 Å². The number of carbonyl (C=O) groups is 2. The van der Waals surface area contributed by atoms with Gasteiger partial charge in [0.2, 0.25) is 0 Å². The number of benzene rings is 1. The maximum absolute atomic E-state index is 12.0. The van der Waals surface area contributed by atoms with Crippen LogP contribution in [0, 0.1) is 0 Å². The summed E-state index contributed by atoms with van der Waals surface area (Å²) in [5.74, 6) is -0.0272. The van der Waals surface area contributed by atoms with Crippen LogP contribution in [0.2, 0.25) is 0 Å². The minimum atomic E-state index is -0.634. The van der Waals surface area contributed by atoms with E-state index in [1.54, 1.807) is 36.2 Å². The van der Waals surface area contributed by atoms with Gasteiger partial charge in [0.05, 0.1) is 0 Å². The Morgan fingerprint density at radius 2 is 2.12 bits per heavy atom. The van der Waals surface area contributed by atoms with Crippen LogP contribution in [0.5, 0.6) is 0 Å². The molecule has 1 aromatic carbocycles. The monoisotopic (exact) mass is 233 g/mol. The molecule has 3 N–H and O–H groups in total. The second kappa shape index (κ2) is 4.45. The van der Waals surface area contributed by atoms with Crippen LogP contribution in [0.3, 0.4) is 0 Å². The Morgan fingerprint density at radius 1 is 1.41 bits per heavy atom. The average Bonchev–Trinajstić information content (AvgIpc) is 3.10. The molecule has 2 rings (SSSR count). The molecule has 1 saturated carbocycles. The largest absolute Gasteiger partial charge is 0.351 e. The van der Waals surface area contributed by atoms with Gasteiger partial charge in [-0.05, 0) is 31.0 Å². The van der Waals surface area contributed by atoms with Gasteiger partial charge in [-0.1, -0.05) is 6.07 Å². The minimum absolute atomic E-state index is 0.0272. The Kier molecular flexibility index (Phi) is 2.99. The molecule has 90 valence electrons. The summed E-state index contributed by atoms with van der Waals surface area (Å²) in [6, 6.07) is 6.51. The van der Waals surface area contributed by atoms with Crippen LogP contribution in [0.1, 0.15) is 23.2 Å². The zero-order valence-corrected chi connectivity index (χ0v) is 9.64. The van der Waals surface area contributed by atoms with Gasteiger partial charge in [-0.3, -0.25) is 4.79 Å². The Hall–Kier alpha value is -2.04. The number of anilines is 1. The second-order valence-corrected chi connectivity index (χ2v) is 4.22. The highest BCUT2D eigenvalue weighted by Crippen LogP contribution is 2.27. The summed E-state index contributed by atoms with van der Waals surface area (Å²) in [5.41, 5.74) is 6.12. The quantitative estimate of drug-likeness (QED) is 0.828. The molecule has 1 aliphatic carbocycles. The molecule has 1 fully saturated rings. The van der Waals surface area contributed by atoms with Crippen LogP contribution in [-0.2, 0) is 0 Å². The molecule has 17 heavy (non-hydrogen) atoms. The van der Waals surface area contributed by atoms with Crippen molar-refractivity contribution in [2.24, 2.45) is 5.73 Å². The van der Waals surface area contributed by atoms with Gasteiger partial charge in [0.25, 0.3) is 5.91 Å². The lowest BCUT2D eigenvalue weighted by molar-refractivity contribution is 0.0785.